The topological polar surface area (TPSA) is 81.0 Å². The van der Waals surface area contributed by atoms with Crippen LogP contribution in [0.3, 0.4) is 0 Å². The largest absolute Gasteiger partial charge is 0.379 e. The fourth-order valence-corrected chi connectivity index (χ4v) is 4.47. The predicted molar refractivity (Wildman–Crippen MR) is 133 cm³/mol. The van der Waals surface area contributed by atoms with Gasteiger partial charge in [-0.15, -0.1) is 0 Å². The molecule has 1 saturated heterocycles. The molecule has 0 amide bonds. The van der Waals surface area contributed by atoms with E-state index in [1.165, 1.54) is 0 Å². The third kappa shape index (κ3) is 4.73. The quantitative estimate of drug-likeness (QED) is 0.549. The van der Waals surface area contributed by atoms with Crippen LogP contribution in [-0.4, -0.2) is 69.5 Å². The molecule has 8 heteroatoms. The minimum atomic E-state index is 0.254. The zero-order chi connectivity index (χ0) is 23.5. The summed E-state index contributed by atoms with van der Waals surface area (Å²) in [6, 6.07) is 4.47. The predicted octanol–water partition coefficient (Wildman–Crippen LogP) is 4.21. The lowest BCUT2D eigenvalue weighted by Crippen LogP contribution is -2.40. The maximum absolute atomic E-state index is 5.52. The lowest BCUT2D eigenvalue weighted by Gasteiger charge is -2.30. The molecule has 1 aliphatic rings. The van der Waals surface area contributed by atoms with Crippen molar-refractivity contribution in [2.75, 3.05) is 45.2 Å². The summed E-state index contributed by atoms with van der Waals surface area (Å²) < 4.78 is 7.63. The van der Waals surface area contributed by atoms with Crippen LogP contribution in [0, 0.1) is 6.92 Å². The standard InChI is InChI=1S/C25H37N7O/c1-7-18(15-31-11-13-33-14-12-31)32-25-22(17(5)30-32)29-23(20(8-2)28-25)19-9-10-21(16(3)4)27-24(19)26-6/h9-10,16,18H,7-8,11-15H2,1-6H3,(H,26,27). The number of aromatic nitrogens is 5. The van der Waals surface area contributed by atoms with Crippen molar-refractivity contribution < 1.29 is 4.74 Å². The van der Waals surface area contributed by atoms with Crippen molar-refractivity contribution in [3.05, 3.63) is 29.2 Å². The van der Waals surface area contributed by atoms with E-state index < -0.39 is 0 Å². The molecule has 0 bridgehead atoms. The monoisotopic (exact) mass is 451 g/mol. The van der Waals surface area contributed by atoms with Gasteiger partial charge in [-0.2, -0.15) is 5.10 Å². The molecule has 33 heavy (non-hydrogen) atoms. The zero-order valence-corrected chi connectivity index (χ0v) is 20.9. The van der Waals surface area contributed by atoms with Crippen molar-refractivity contribution in [3.63, 3.8) is 0 Å². The molecule has 1 atom stereocenters. The molecule has 0 saturated carbocycles. The molecule has 1 aliphatic heterocycles. The Balaban J connectivity index is 1.78. The number of pyridine rings is 1. The Bertz CT molecular complexity index is 1100. The van der Waals surface area contributed by atoms with Gasteiger partial charge in [-0.3, -0.25) is 4.90 Å². The number of anilines is 1. The Morgan fingerprint density at radius 2 is 1.85 bits per heavy atom. The minimum Gasteiger partial charge on any atom is -0.379 e. The Kier molecular flexibility index (Phi) is 7.24. The maximum Gasteiger partial charge on any atom is 0.177 e. The van der Waals surface area contributed by atoms with Gasteiger partial charge in [0.2, 0.25) is 0 Å². The van der Waals surface area contributed by atoms with Crippen molar-refractivity contribution in [2.45, 2.75) is 59.4 Å². The molecule has 3 aromatic rings. The first-order valence-corrected chi connectivity index (χ1v) is 12.2. The van der Waals surface area contributed by atoms with Crippen LogP contribution in [-0.2, 0) is 11.2 Å². The highest BCUT2D eigenvalue weighted by Crippen LogP contribution is 2.32. The van der Waals surface area contributed by atoms with Crippen molar-refractivity contribution in [3.8, 4) is 11.3 Å². The van der Waals surface area contributed by atoms with E-state index in [0.29, 0.717) is 5.92 Å². The average molecular weight is 452 g/mol. The molecule has 0 aliphatic carbocycles. The van der Waals surface area contributed by atoms with Gasteiger partial charge in [-0.1, -0.05) is 27.7 Å². The summed E-state index contributed by atoms with van der Waals surface area (Å²) in [6.07, 6.45) is 1.78. The second-order valence-electron chi connectivity index (χ2n) is 9.09. The zero-order valence-electron chi connectivity index (χ0n) is 20.9. The van der Waals surface area contributed by atoms with E-state index in [2.05, 4.69) is 54.7 Å². The van der Waals surface area contributed by atoms with Crippen LogP contribution in [0.15, 0.2) is 12.1 Å². The molecule has 0 radical (unpaired) electrons. The molecule has 1 N–H and O–H groups in total. The van der Waals surface area contributed by atoms with E-state index in [1.54, 1.807) is 0 Å². The lowest BCUT2D eigenvalue weighted by molar-refractivity contribution is 0.0307. The van der Waals surface area contributed by atoms with Crippen LogP contribution < -0.4 is 5.32 Å². The highest BCUT2D eigenvalue weighted by atomic mass is 16.5. The number of rotatable bonds is 8. The Morgan fingerprint density at radius 3 is 2.48 bits per heavy atom. The van der Waals surface area contributed by atoms with Gasteiger partial charge in [0.05, 0.1) is 36.3 Å². The van der Waals surface area contributed by atoms with E-state index in [-0.39, 0.29) is 6.04 Å². The van der Waals surface area contributed by atoms with E-state index in [0.717, 1.165) is 91.0 Å². The molecular weight excluding hydrogens is 414 g/mol. The van der Waals surface area contributed by atoms with Crippen LogP contribution in [0.2, 0.25) is 0 Å². The number of nitrogens with one attached hydrogen (secondary N) is 1. The third-order valence-corrected chi connectivity index (χ3v) is 6.49. The fraction of sp³-hybridized carbons (Fsp3) is 0.600. The number of morpholine rings is 1. The number of hydrogen-bond donors (Lipinski definition) is 1. The van der Waals surface area contributed by atoms with Crippen LogP contribution in [0.4, 0.5) is 5.82 Å². The maximum atomic E-state index is 5.52. The SMILES string of the molecule is CCc1nc2c(nc1-c1ccc(C(C)C)nc1NC)c(C)nn2C(CC)CN1CCOCC1. The first kappa shape index (κ1) is 23.6. The first-order chi connectivity index (χ1) is 16.0. The van der Waals surface area contributed by atoms with E-state index in [1.807, 2.05) is 14.0 Å². The van der Waals surface area contributed by atoms with Gasteiger partial charge >= 0.3 is 0 Å². The van der Waals surface area contributed by atoms with Gasteiger partial charge in [0.25, 0.3) is 0 Å². The summed E-state index contributed by atoms with van der Waals surface area (Å²) in [7, 11) is 1.91. The molecule has 1 fully saturated rings. The van der Waals surface area contributed by atoms with E-state index in [4.69, 9.17) is 24.8 Å². The molecule has 4 rings (SSSR count). The van der Waals surface area contributed by atoms with Gasteiger partial charge in [-0.25, -0.2) is 19.6 Å². The van der Waals surface area contributed by atoms with E-state index in [9.17, 15) is 0 Å². The van der Waals surface area contributed by atoms with E-state index >= 15 is 0 Å². The molecule has 178 valence electrons. The number of ether oxygens (including phenoxy) is 1. The molecule has 3 aromatic heterocycles. The van der Waals surface area contributed by atoms with Gasteiger partial charge in [0, 0.05) is 37.9 Å². The number of hydrogen-bond acceptors (Lipinski definition) is 7. The summed E-state index contributed by atoms with van der Waals surface area (Å²) >= 11 is 0. The second-order valence-corrected chi connectivity index (χ2v) is 9.09. The molecule has 0 aromatic carbocycles. The van der Waals surface area contributed by atoms with Crippen molar-refractivity contribution >= 4 is 17.0 Å². The number of aryl methyl sites for hydroxylation is 2. The summed E-state index contributed by atoms with van der Waals surface area (Å²) in [5.74, 6) is 1.21. The van der Waals surface area contributed by atoms with Crippen LogP contribution in [0.1, 0.15) is 63.2 Å². The smallest absolute Gasteiger partial charge is 0.177 e. The summed E-state index contributed by atoms with van der Waals surface area (Å²) in [4.78, 5) is 17.6. The fourth-order valence-electron chi connectivity index (χ4n) is 4.47. The normalized spacial score (nSPS) is 16.0. The van der Waals surface area contributed by atoms with Gasteiger partial charge in [0.15, 0.2) is 5.65 Å². The van der Waals surface area contributed by atoms with Gasteiger partial charge in [-0.05, 0) is 37.8 Å². The highest BCUT2D eigenvalue weighted by molar-refractivity contribution is 5.81. The minimum absolute atomic E-state index is 0.254. The van der Waals surface area contributed by atoms with Crippen molar-refractivity contribution in [1.82, 2.24) is 29.6 Å². The highest BCUT2D eigenvalue weighted by Gasteiger charge is 2.24. The Hall–Kier alpha value is -2.58. The molecular formula is C25H37N7O. The molecule has 8 nitrogen and oxygen atoms in total. The summed E-state index contributed by atoms with van der Waals surface area (Å²) in [5.41, 5.74) is 6.58. The van der Waals surface area contributed by atoms with Gasteiger partial charge < -0.3 is 10.1 Å². The average Bonchev–Trinajstić information content (AvgIpc) is 3.17. The van der Waals surface area contributed by atoms with Crippen LogP contribution in [0.5, 0.6) is 0 Å². The molecule has 1 unspecified atom stereocenters. The van der Waals surface area contributed by atoms with Crippen molar-refractivity contribution in [1.29, 1.82) is 0 Å². The third-order valence-electron chi connectivity index (χ3n) is 6.49. The lowest BCUT2D eigenvalue weighted by atomic mass is 10.0. The van der Waals surface area contributed by atoms with Crippen LogP contribution in [0.25, 0.3) is 22.4 Å². The Morgan fingerprint density at radius 1 is 1.09 bits per heavy atom. The van der Waals surface area contributed by atoms with Gasteiger partial charge in [0.1, 0.15) is 11.3 Å². The number of nitrogens with zero attached hydrogens (tertiary/aromatic N) is 6. The van der Waals surface area contributed by atoms with Crippen LogP contribution >= 0.6 is 0 Å². The summed E-state index contributed by atoms with van der Waals surface area (Å²) in [6.45, 7) is 15.2. The number of fused-ring (bicyclic) bond motifs is 1. The Labute approximate surface area is 196 Å². The first-order valence-electron chi connectivity index (χ1n) is 12.2. The molecule has 4 heterocycles. The second kappa shape index (κ2) is 10.1. The summed E-state index contributed by atoms with van der Waals surface area (Å²) in [5, 5.41) is 8.18. The van der Waals surface area contributed by atoms with Crippen molar-refractivity contribution in [2.24, 2.45) is 0 Å². The molecule has 0 spiro atoms.